The molecule has 4 nitrogen and oxygen atoms in total. The van der Waals surface area contributed by atoms with E-state index in [9.17, 15) is 10.2 Å². The first-order chi connectivity index (χ1) is 32.8. The lowest BCUT2D eigenvalue weighted by Crippen LogP contribution is -2.49. The van der Waals surface area contributed by atoms with E-state index in [0.29, 0.717) is 51.6 Å². The van der Waals surface area contributed by atoms with Gasteiger partial charge in [-0.2, -0.15) is 0 Å². The fraction of sp³-hybridized carbons (Fsp3) is 0.939. The highest BCUT2D eigenvalue weighted by molar-refractivity contribution is 6.74. The third kappa shape index (κ3) is 12.5. The largest absolute Gasteiger partial charge is 0.414 e. The number of allylic oxidation sites excluding steroid dienone is 1. The molecule has 72 heavy (non-hydrogen) atoms. The molecule has 8 fully saturated rings. The molecule has 414 valence electrons. The van der Waals surface area contributed by atoms with E-state index in [0.717, 1.165) is 61.7 Å². The van der Waals surface area contributed by atoms with Crippen LogP contribution in [0.5, 0.6) is 0 Å². The zero-order valence-corrected chi connectivity index (χ0v) is 53.2. The Labute approximate surface area is 449 Å². The first-order valence-corrected chi connectivity index (χ1v) is 36.7. The average molecular weight is 1030 g/mol. The van der Waals surface area contributed by atoms with E-state index in [4.69, 9.17) is 8.85 Å². The van der Waals surface area contributed by atoms with Crippen LogP contribution in [0.25, 0.3) is 0 Å². The third-order valence-corrected chi connectivity index (χ3v) is 32.8. The zero-order valence-electron chi connectivity index (χ0n) is 51.2. The van der Waals surface area contributed by atoms with Gasteiger partial charge in [0.1, 0.15) is 5.60 Å². The Kier molecular flexibility index (Phi) is 16.7. The molecule has 8 rings (SSSR count). The number of aliphatic hydroxyl groups is 2. The minimum atomic E-state index is -1.75. The summed E-state index contributed by atoms with van der Waals surface area (Å²) in [5, 5.41) is 24.7. The van der Waals surface area contributed by atoms with Gasteiger partial charge in [-0.05, 0) is 220 Å². The van der Waals surface area contributed by atoms with Gasteiger partial charge in [-0.25, -0.2) is 0 Å². The molecule has 0 heterocycles. The topological polar surface area (TPSA) is 58.9 Å². The van der Waals surface area contributed by atoms with Gasteiger partial charge >= 0.3 is 0 Å². The van der Waals surface area contributed by atoms with Crippen molar-refractivity contribution in [2.24, 2.45) is 79.8 Å². The van der Waals surface area contributed by atoms with Crippen molar-refractivity contribution in [3.63, 3.8) is 0 Å². The SMILES string of the molecule is C[C@H](CCCC(C)(C)C)C1CCC2C(O)(/C=C/C34CC(O[Si](C)(C)C(C)(C)C)CC3C4)CCC[C@]12C.C[C@H](CCCC(C)(C)C)C1CCC2C(O)(C#CC34CC(O[Si](C)(C)C(C)(C)C)CC3C4)CCC[C@]12C. The third-order valence-electron chi connectivity index (χ3n) is 23.7. The highest BCUT2D eigenvalue weighted by atomic mass is 28.4. The average Bonchev–Trinajstić information content (AvgIpc) is 3.75. The summed E-state index contributed by atoms with van der Waals surface area (Å²) >= 11 is 0. The van der Waals surface area contributed by atoms with E-state index < -0.39 is 27.8 Å². The minimum absolute atomic E-state index is 0.134. The molecular weight excluding hydrogens is 913 g/mol. The van der Waals surface area contributed by atoms with E-state index in [-0.39, 0.29) is 20.9 Å². The van der Waals surface area contributed by atoms with Crippen LogP contribution in [0.4, 0.5) is 0 Å². The smallest absolute Gasteiger partial charge is 0.192 e. The molecule has 0 saturated heterocycles. The Bertz CT molecular complexity index is 1970. The van der Waals surface area contributed by atoms with Crippen LogP contribution in [-0.4, -0.2) is 50.3 Å². The number of rotatable bonds is 14. The van der Waals surface area contributed by atoms with E-state index in [2.05, 4.69) is 161 Å². The monoisotopic (exact) mass is 1030 g/mol. The molecule has 0 spiro atoms. The maximum Gasteiger partial charge on any atom is 0.192 e. The standard InChI is InChI=1S/C33H60O2Si.C33H58O2Si/c2*1-24(13-11-16-29(2,3)4)27-14-15-28-31(27,8)17-12-18-33(28,34)20-19-32-22-25(32)21-26(23-32)35-36(9,10)30(5,6)7/h19-20,24-28,34H,11-18,21-23H2,1-10H3;24-28,34H,11-18,21-23H2,1-10H3/b20-19+;/t2*24-,25?,26?,27?,28?,31-,32?,33?/m11/s1. The predicted octanol–water partition coefficient (Wildman–Crippen LogP) is 18.5. The molecule has 0 aliphatic heterocycles. The Hall–Kier alpha value is -0.426. The van der Waals surface area contributed by atoms with Gasteiger partial charge in [-0.3, -0.25) is 0 Å². The quantitative estimate of drug-likeness (QED) is 0.103. The lowest BCUT2D eigenvalue weighted by atomic mass is 9.57. The van der Waals surface area contributed by atoms with Crippen molar-refractivity contribution < 1.29 is 19.1 Å². The molecular formula is C66H118O4Si2. The Morgan fingerprint density at radius 3 is 1.56 bits per heavy atom. The highest BCUT2D eigenvalue weighted by Gasteiger charge is 2.64. The predicted molar refractivity (Wildman–Crippen MR) is 312 cm³/mol. The molecule has 6 heteroatoms. The second-order valence-electron chi connectivity index (χ2n) is 33.6. The van der Waals surface area contributed by atoms with Crippen LogP contribution in [0.15, 0.2) is 12.2 Å². The molecule has 0 aromatic rings. The molecule has 0 aromatic heterocycles. The lowest BCUT2D eigenvalue weighted by Gasteiger charge is -2.50. The summed E-state index contributed by atoms with van der Waals surface area (Å²) in [4.78, 5) is 0. The van der Waals surface area contributed by atoms with Crippen LogP contribution >= 0.6 is 0 Å². The molecule has 0 bridgehead atoms. The summed E-state index contributed by atoms with van der Waals surface area (Å²) in [6, 6.07) is 0. The fourth-order valence-electron chi connectivity index (χ4n) is 17.1. The van der Waals surface area contributed by atoms with Crippen molar-refractivity contribution in [3.8, 4) is 11.8 Å². The van der Waals surface area contributed by atoms with Gasteiger partial charge in [-0.1, -0.05) is 160 Å². The first-order valence-electron chi connectivity index (χ1n) is 30.9. The Balaban J connectivity index is 0.000000211. The molecule has 8 aliphatic rings. The van der Waals surface area contributed by atoms with Crippen LogP contribution in [0.1, 0.15) is 252 Å². The minimum Gasteiger partial charge on any atom is -0.414 e. The molecule has 0 aromatic carbocycles. The number of hydrogen-bond donors (Lipinski definition) is 2. The normalized spacial score (nSPS) is 41.6. The maximum atomic E-state index is 12.1. The van der Waals surface area contributed by atoms with Gasteiger partial charge in [0.15, 0.2) is 16.6 Å². The van der Waals surface area contributed by atoms with Crippen LogP contribution in [0, 0.1) is 91.7 Å². The van der Waals surface area contributed by atoms with Crippen molar-refractivity contribution in [1.29, 1.82) is 0 Å². The van der Waals surface area contributed by atoms with Gasteiger partial charge in [0, 0.05) is 23.5 Å². The van der Waals surface area contributed by atoms with Crippen molar-refractivity contribution in [1.82, 2.24) is 0 Å². The summed E-state index contributed by atoms with van der Waals surface area (Å²) in [5.41, 5.74) is 0.463. The molecule has 0 radical (unpaired) electrons. The van der Waals surface area contributed by atoms with Crippen molar-refractivity contribution in [2.75, 3.05) is 0 Å². The van der Waals surface area contributed by atoms with Gasteiger partial charge in [0.05, 0.1) is 5.60 Å². The second kappa shape index (κ2) is 20.3. The summed E-state index contributed by atoms with van der Waals surface area (Å²) in [7, 11) is -3.47. The van der Waals surface area contributed by atoms with Crippen molar-refractivity contribution in [3.05, 3.63) is 12.2 Å². The first kappa shape index (κ1) is 59.2. The molecule has 8 aliphatic carbocycles. The number of hydrogen-bond acceptors (Lipinski definition) is 4. The lowest BCUT2D eigenvalue weighted by molar-refractivity contribution is -0.0783. The van der Waals surface area contributed by atoms with Crippen LogP contribution in [-0.2, 0) is 8.85 Å². The summed E-state index contributed by atoms with van der Waals surface area (Å²) in [6.07, 6.45) is 32.4. The Morgan fingerprint density at radius 1 is 0.569 bits per heavy atom. The fourth-order valence-corrected chi connectivity index (χ4v) is 19.9. The number of fused-ring (bicyclic) bond motifs is 4. The van der Waals surface area contributed by atoms with Crippen LogP contribution < -0.4 is 0 Å². The molecule has 16 atom stereocenters. The highest BCUT2D eigenvalue weighted by Crippen LogP contribution is 2.68. The maximum absolute atomic E-state index is 12.1. The molecule has 0 amide bonds. The summed E-state index contributed by atoms with van der Waals surface area (Å²) in [5.74, 6) is 12.6. The Morgan fingerprint density at radius 2 is 1.04 bits per heavy atom. The van der Waals surface area contributed by atoms with E-state index in [1.165, 1.54) is 109 Å². The zero-order chi connectivity index (χ0) is 53.6. The van der Waals surface area contributed by atoms with E-state index >= 15 is 0 Å². The van der Waals surface area contributed by atoms with Gasteiger partial charge in [0.25, 0.3) is 0 Å². The second-order valence-corrected chi connectivity index (χ2v) is 43.1. The van der Waals surface area contributed by atoms with E-state index in [1.54, 1.807) is 0 Å². The van der Waals surface area contributed by atoms with Gasteiger partial charge < -0.3 is 19.1 Å². The van der Waals surface area contributed by atoms with Gasteiger partial charge in [0.2, 0.25) is 0 Å². The summed E-state index contributed by atoms with van der Waals surface area (Å²) in [6.45, 7) is 47.8. The molecule has 8 saturated carbocycles. The van der Waals surface area contributed by atoms with Crippen molar-refractivity contribution >= 4 is 16.6 Å². The van der Waals surface area contributed by atoms with Crippen LogP contribution in [0.3, 0.4) is 0 Å². The summed E-state index contributed by atoms with van der Waals surface area (Å²) < 4.78 is 13.6. The van der Waals surface area contributed by atoms with Crippen molar-refractivity contribution in [2.45, 2.75) is 312 Å². The van der Waals surface area contributed by atoms with Crippen LogP contribution in [0.2, 0.25) is 36.3 Å². The molecule has 2 N–H and O–H groups in total. The molecule has 12 unspecified atom stereocenters. The van der Waals surface area contributed by atoms with Gasteiger partial charge in [-0.15, -0.1) is 0 Å². The van der Waals surface area contributed by atoms with E-state index in [1.807, 2.05) is 0 Å².